The number of methoxy groups -OCH3 is 1. The molecule has 0 atom stereocenters. The molecule has 0 aliphatic rings. The molecule has 0 saturated carbocycles. The number of nitrogens with one attached hydrogen (secondary N) is 1. The van der Waals surface area contributed by atoms with Crippen LogP contribution in [0.3, 0.4) is 0 Å². The Morgan fingerprint density at radius 2 is 2.15 bits per heavy atom. The van der Waals surface area contributed by atoms with Gasteiger partial charge in [0, 0.05) is 25.1 Å². The maximum absolute atomic E-state index is 11.7. The first-order chi connectivity index (χ1) is 9.76. The highest BCUT2D eigenvalue weighted by Gasteiger charge is 2.03. The lowest BCUT2D eigenvalue weighted by Crippen LogP contribution is -2.11. The summed E-state index contributed by atoms with van der Waals surface area (Å²) in [6, 6.07) is 7.67. The normalized spacial score (nSPS) is 10.5. The largest absolute Gasteiger partial charge is 0.382 e. The van der Waals surface area contributed by atoms with Gasteiger partial charge in [-0.05, 0) is 30.5 Å². The third kappa shape index (κ3) is 7.48. The predicted octanol–water partition coefficient (Wildman–Crippen LogP) is 3.20. The summed E-state index contributed by atoms with van der Waals surface area (Å²) in [4.78, 5) is 11.7. The molecular weight excluding hydrogens is 278 g/mol. The second-order valence-corrected chi connectivity index (χ2v) is 4.82. The molecule has 0 radical (unpaired) electrons. The van der Waals surface area contributed by atoms with Gasteiger partial charge in [0.15, 0.2) is 0 Å². The highest BCUT2D eigenvalue weighted by atomic mass is 35.5. The van der Waals surface area contributed by atoms with Crippen LogP contribution in [0, 0.1) is 0 Å². The van der Waals surface area contributed by atoms with Crippen molar-refractivity contribution >= 4 is 23.2 Å². The van der Waals surface area contributed by atoms with Crippen LogP contribution in [0.25, 0.3) is 0 Å². The summed E-state index contributed by atoms with van der Waals surface area (Å²) in [6.07, 6.45) is 2.18. The van der Waals surface area contributed by atoms with Crippen LogP contribution in [-0.4, -0.2) is 32.1 Å². The number of halogens is 1. The minimum absolute atomic E-state index is 0.0209. The maximum atomic E-state index is 11.7. The number of amides is 1. The Balaban J connectivity index is 2.36. The molecule has 0 aliphatic carbocycles. The number of benzene rings is 1. The number of ether oxygens (including phenoxy) is 2. The van der Waals surface area contributed by atoms with E-state index < -0.39 is 0 Å². The fourth-order valence-corrected chi connectivity index (χ4v) is 1.86. The summed E-state index contributed by atoms with van der Waals surface area (Å²) in [5, 5.41) is 2.88. The second kappa shape index (κ2) is 10.7. The quantitative estimate of drug-likeness (QED) is 0.533. The SMILES string of the molecule is COCCOCc1cccc(NC(=O)CCCCCl)c1. The van der Waals surface area contributed by atoms with Crippen molar-refractivity contribution in [1.29, 1.82) is 0 Å². The number of rotatable bonds is 10. The molecule has 1 amide bonds. The first-order valence-electron chi connectivity index (χ1n) is 6.77. The van der Waals surface area contributed by atoms with Crippen molar-refractivity contribution < 1.29 is 14.3 Å². The van der Waals surface area contributed by atoms with Gasteiger partial charge in [-0.15, -0.1) is 11.6 Å². The van der Waals surface area contributed by atoms with Crippen LogP contribution in [0.15, 0.2) is 24.3 Å². The number of carbonyl (C=O) groups excluding carboxylic acids is 1. The summed E-state index contributed by atoms with van der Waals surface area (Å²) < 4.78 is 10.4. The summed E-state index contributed by atoms with van der Waals surface area (Å²) in [6.45, 7) is 1.65. The number of carbonyl (C=O) groups is 1. The highest BCUT2D eigenvalue weighted by Crippen LogP contribution is 2.12. The van der Waals surface area contributed by atoms with E-state index in [2.05, 4.69) is 5.32 Å². The van der Waals surface area contributed by atoms with Crippen LogP contribution >= 0.6 is 11.6 Å². The molecule has 0 fully saturated rings. The third-order valence-corrected chi connectivity index (χ3v) is 2.97. The van der Waals surface area contributed by atoms with Crippen molar-refractivity contribution in [2.45, 2.75) is 25.9 Å². The molecule has 4 nitrogen and oxygen atoms in total. The van der Waals surface area contributed by atoms with E-state index >= 15 is 0 Å². The first-order valence-corrected chi connectivity index (χ1v) is 7.31. The predicted molar refractivity (Wildman–Crippen MR) is 81.2 cm³/mol. The van der Waals surface area contributed by atoms with Crippen molar-refractivity contribution in [2.24, 2.45) is 0 Å². The monoisotopic (exact) mass is 299 g/mol. The zero-order valence-corrected chi connectivity index (χ0v) is 12.6. The fourth-order valence-electron chi connectivity index (χ4n) is 1.67. The lowest BCUT2D eigenvalue weighted by atomic mass is 10.2. The minimum Gasteiger partial charge on any atom is -0.382 e. The number of alkyl halides is 1. The average Bonchev–Trinajstić information content (AvgIpc) is 2.44. The summed E-state index contributed by atoms with van der Waals surface area (Å²) >= 11 is 5.58. The van der Waals surface area contributed by atoms with Gasteiger partial charge in [-0.1, -0.05) is 12.1 Å². The molecule has 20 heavy (non-hydrogen) atoms. The van der Waals surface area contributed by atoms with Gasteiger partial charge in [-0.25, -0.2) is 0 Å². The van der Waals surface area contributed by atoms with Crippen LogP contribution in [-0.2, 0) is 20.9 Å². The molecule has 1 N–H and O–H groups in total. The molecular formula is C15H22ClNO3. The maximum Gasteiger partial charge on any atom is 0.224 e. The minimum atomic E-state index is 0.0209. The Labute approximate surface area is 125 Å². The average molecular weight is 300 g/mol. The van der Waals surface area contributed by atoms with Crippen molar-refractivity contribution in [3.63, 3.8) is 0 Å². The zero-order valence-electron chi connectivity index (χ0n) is 11.9. The van der Waals surface area contributed by atoms with Crippen molar-refractivity contribution in [3.05, 3.63) is 29.8 Å². The van der Waals surface area contributed by atoms with E-state index in [0.717, 1.165) is 24.1 Å². The molecule has 112 valence electrons. The number of unbranched alkanes of at least 4 members (excludes halogenated alkanes) is 1. The van der Waals surface area contributed by atoms with Crippen LogP contribution < -0.4 is 5.32 Å². The molecule has 1 aromatic carbocycles. The standard InChI is InChI=1S/C15H22ClNO3/c1-19-9-10-20-12-13-5-4-6-14(11-13)17-15(18)7-2-3-8-16/h4-6,11H,2-3,7-10,12H2,1H3,(H,17,18). The van der Waals surface area contributed by atoms with E-state index in [1.165, 1.54) is 0 Å². The number of hydrogen-bond acceptors (Lipinski definition) is 3. The molecule has 0 saturated heterocycles. The van der Waals surface area contributed by atoms with Crippen LogP contribution in [0.5, 0.6) is 0 Å². The summed E-state index contributed by atoms with van der Waals surface area (Å²) in [7, 11) is 1.64. The second-order valence-electron chi connectivity index (χ2n) is 4.44. The summed E-state index contributed by atoms with van der Waals surface area (Å²) in [5.74, 6) is 0.620. The van der Waals surface area contributed by atoms with Crippen LogP contribution in [0.4, 0.5) is 5.69 Å². The van der Waals surface area contributed by atoms with Crippen molar-refractivity contribution in [2.75, 3.05) is 31.5 Å². The van der Waals surface area contributed by atoms with Gasteiger partial charge in [0.05, 0.1) is 19.8 Å². The number of anilines is 1. The van der Waals surface area contributed by atoms with Gasteiger partial charge in [0.2, 0.25) is 5.91 Å². The van der Waals surface area contributed by atoms with E-state index in [-0.39, 0.29) is 5.91 Å². The lowest BCUT2D eigenvalue weighted by molar-refractivity contribution is -0.116. The topological polar surface area (TPSA) is 47.6 Å². The van der Waals surface area contributed by atoms with Crippen LogP contribution in [0.1, 0.15) is 24.8 Å². The van der Waals surface area contributed by atoms with Gasteiger partial charge >= 0.3 is 0 Å². The molecule has 0 spiro atoms. The Hall–Kier alpha value is -1.10. The molecule has 1 rings (SSSR count). The molecule has 0 aromatic heterocycles. The molecule has 0 bridgehead atoms. The molecule has 0 unspecified atom stereocenters. The molecule has 0 aliphatic heterocycles. The van der Waals surface area contributed by atoms with Gasteiger partial charge < -0.3 is 14.8 Å². The van der Waals surface area contributed by atoms with E-state index in [1.54, 1.807) is 7.11 Å². The van der Waals surface area contributed by atoms with E-state index in [9.17, 15) is 4.79 Å². The lowest BCUT2D eigenvalue weighted by Gasteiger charge is -2.08. The Morgan fingerprint density at radius 3 is 2.90 bits per heavy atom. The number of hydrogen-bond donors (Lipinski definition) is 1. The zero-order chi connectivity index (χ0) is 14.6. The van der Waals surface area contributed by atoms with Crippen molar-refractivity contribution in [1.82, 2.24) is 0 Å². The summed E-state index contributed by atoms with van der Waals surface area (Å²) in [5.41, 5.74) is 1.83. The molecule has 0 heterocycles. The van der Waals surface area contributed by atoms with E-state index in [1.807, 2.05) is 24.3 Å². The fraction of sp³-hybridized carbons (Fsp3) is 0.533. The van der Waals surface area contributed by atoms with Gasteiger partial charge in [0.1, 0.15) is 0 Å². The first kappa shape index (κ1) is 17.0. The highest BCUT2D eigenvalue weighted by molar-refractivity contribution is 6.17. The molecule has 1 aromatic rings. The van der Waals surface area contributed by atoms with Gasteiger partial charge in [0.25, 0.3) is 0 Å². The van der Waals surface area contributed by atoms with Gasteiger partial charge in [-0.2, -0.15) is 0 Å². The van der Waals surface area contributed by atoms with E-state index in [4.69, 9.17) is 21.1 Å². The third-order valence-electron chi connectivity index (χ3n) is 2.70. The Bertz CT molecular complexity index is 398. The molecule has 5 heteroatoms. The van der Waals surface area contributed by atoms with Crippen LogP contribution in [0.2, 0.25) is 0 Å². The van der Waals surface area contributed by atoms with Crippen molar-refractivity contribution in [3.8, 4) is 0 Å². The Morgan fingerprint density at radius 1 is 1.30 bits per heavy atom. The van der Waals surface area contributed by atoms with E-state index in [0.29, 0.717) is 32.1 Å². The smallest absolute Gasteiger partial charge is 0.224 e. The Kier molecular flexibility index (Phi) is 9.04. The van der Waals surface area contributed by atoms with Gasteiger partial charge in [-0.3, -0.25) is 4.79 Å².